The molecule has 1 unspecified atom stereocenters. The Labute approximate surface area is 95.5 Å². The molecule has 0 aromatic carbocycles. The van der Waals surface area contributed by atoms with Crippen LogP contribution in [0, 0.1) is 0 Å². The van der Waals surface area contributed by atoms with Crippen LogP contribution in [0.25, 0.3) is 0 Å². The highest BCUT2D eigenvalue weighted by Gasteiger charge is 2.10. The van der Waals surface area contributed by atoms with Gasteiger partial charge in [0, 0.05) is 18.9 Å². The van der Waals surface area contributed by atoms with E-state index in [-0.39, 0.29) is 6.04 Å². The monoisotopic (exact) mass is 216 g/mol. The first-order chi connectivity index (χ1) is 7.90. The largest absolute Gasteiger partial charge is 0.468 e. The van der Waals surface area contributed by atoms with Crippen molar-refractivity contribution in [2.45, 2.75) is 25.9 Å². The minimum absolute atomic E-state index is 0.273. The van der Waals surface area contributed by atoms with Gasteiger partial charge >= 0.3 is 0 Å². The molecule has 0 aliphatic rings. The third kappa shape index (κ3) is 2.70. The van der Waals surface area contributed by atoms with Crippen LogP contribution in [0.4, 0.5) is 0 Å². The second kappa shape index (κ2) is 5.47. The summed E-state index contributed by atoms with van der Waals surface area (Å²) in [4.78, 5) is 4.09. The van der Waals surface area contributed by atoms with Crippen molar-refractivity contribution in [2.75, 3.05) is 0 Å². The molecule has 0 saturated carbocycles. The van der Waals surface area contributed by atoms with E-state index in [1.807, 2.05) is 24.4 Å². The Hall–Kier alpha value is -1.61. The highest BCUT2D eigenvalue weighted by atomic mass is 16.3. The van der Waals surface area contributed by atoms with Crippen LogP contribution in [0.2, 0.25) is 0 Å². The Kier molecular flexibility index (Phi) is 3.72. The summed E-state index contributed by atoms with van der Waals surface area (Å²) in [5.41, 5.74) is 1.19. The SMILES string of the molecule is CCC(NCc1cccnc1)c1ccco1. The summed E-state index contributed by atoms with van der Waals surface area (Å²) in [6, 6.07) is 8.21. The van der Waals surface area contributed by atoms with Crippen molar-refractivity contribution in [1.82, 2.24) is 10.3 Å². The molecule has 3 nitrogen and oxygen atoms in total. The molecule has 0 radical (unpaired) electrons. The molecule has 1 N–H and O–H groups in total. The average Bonchev–Trinajstić information content (AvgIpc) is 2.85. The molecule has 1 atom stereocenters. The van der Waals surface area contributed by atoms with Crippen molar-refractivity contribution >= 4 is 0 Å². The number of aromatic nitrogens is 1. The van der Waals surface area contributed by atoms with Crippen LogP contribution in [0.5, 0.6) is 0 Å². The van der Waals surface area contributed by atoms with Crippen LogP contribution in [-0.4, -0.2) is 4.98 Å². The topological polar surface area (TPSA) is 38.1 Å². The van der Waals surface area contributed by atoms with Gasteiger partial charge in [0.25, 0.3) is 0 Å². The lowest BCUT2D eigenvalue weighted by atomic mass is 10.1. The minimum Gasteiger partial charge on any atom is -0.468 e. The standard InChI is InChI=1S/C13H16N2O/c1-2-12(13-6-4-8-16-13)15-10-11-5-3-7-14-9-11/h3-9,12,15H,2,10H2,1H3. The van der Waals surface area contributed by atoms with Gasteiger partial charge in [-0.2, -0.15) is 0 Å². The lowest BCUT2D eigenvalue weighted by Gasteiger charge is -2.14. The number of furan rings is 1. The van der Waals surface area contributed by atoms with Gasteiger partial charge < -0.3 is 9.73 Å². The Morgan fingerprint density at radius 3 is 2.94 bits per heavy atom. The van der Waals surface area contributed by atoms with E-state index in [1.54, 1.807) is 12.5 Å². The lowest BCUT2D eigenvalue weighted by Crippen LogP contribution is -2.19. The molecule has 0 saturated heterocycles. The van der Waals surface area contributed by atoms with E-state index in [4.69, 9.17) is 4.42 Å². The molecule has 0 spiro atoms. The highest BCUT2D eigenvalue weighted by molar-refractivity contribution is 5.09. The van der Waals surface area contributed by atoms with Crippen LogP contribution < -0.4 is 5.32 Å². The number of hydrogen-bond donors (Lipinski definition) is 1. The van der Waals surface area contributed by atoms with Crippen molar-refractivity contribution in [3.63, 3.8) is 0 Å². The summed E-state index contributed by atoms with van der Waals surface area (Å²) in [7, 11) is 0. The first kappa shape index (κ1) is 10.9. The smallest absolute Gasteiger partial charge is 0.120 e. The summed E-state index contributed by atoms with van der Waals surface area (Å²) < 4.78 is 5.40. The third-order valence-corrected chi connectivity index (χ3v) is 2.57. The average molecular weight is 216 g/mol. The van der Waals surface area contributed by atoms with Crippen molar-refractivity contribution in [3.8, 4) is 0 Å². The normalized spacial score (nSPS) is 12.6. The van der Waals surface area contributed by atoms with Crippen LogP contribution in [-0.2, 0) is 6.54 Å². The second-order valence-electron chi connectivity index (χ2n) is 3.72. The van der Waals surface area contributed by atoms with Gasteiger partial charge in [-0.3, -0.25) is 4.98 Å². The third-order valence-electron chi connectivity index (χ3n) is 2.57. The van der Waals surface area contributed by atoms with Crippen LogP contribution >= 0.6 is 0 Å². The molecule has 84 valence electrons. The summed E-state index contributed by atoms with van der Waals surface area (Å²) in [6.07, 6.45) is 6.38. The molecule has 0 aliphatic heterocycles. The molecular weight excluding hydrogens is 200 g/mol. The number of nitrogens with one attached hydrogen (secondary N) is 1. The first-order valence-corrected chi connectivity index (χ1v) is 5.56. The van der Waals surface area contributed by atoms with E-state index in [0.717, 1.165) is 18.7 Å². The van der Waals surface area contributed by atoms with Crippen molar-refractivity contribution < 1.29 is 4.42 Å². The fraction of sp³-hybridized carbons (Fsp3) is 0.308. The lowest BCUT2D eigenvalue weighted by molar-refractivity contribution is 0.403. The zero-order valence-corrected chi connectivity index (χ0v) is 9.39. The Morgan fingerprint density at radius 1 is 1.38 bits per heavy atom. The Bertz CT molecular complexity index is 397. The summed E-state index contributed by atoms with van der Waals surface area (Å²) in [5, 5.41) is 3.45. The number of pyridine rings is 1. The summed E-state index contributed by atoms with van der Waals surface area (Å²) in [5.74, 6) is 0.992. The van der Waals surface area contributed by atoms with Crippen LogP contribution in [0.3, 0.4) is 0 Å². The summed E-state index contributed by atoms with van der Waals surface area (Å²) in [6.45, 7) is 2.95. The number of hydrogen-bond acceptors (Lipinski definition) is 3. The molecular formula is C13H16N2O. The molecule has 2 aromatic rings. The van der Waals surface area contributed by atoms with E-state index in [9.17, 15) is 0 Å². The predicted molar refractivity (Wildman–Crippen MR) is 62.8 cm³/mol. The number of rotatable bonds is 5. The van der Waals surface area contributed by atoms with Crippen LogP contribution in [0.15, 0.2) is 47.3 Å². The minimum atomic E-state index is 0.273. The van der Waals surface area contributed by atoms with Gasteiger partial charge in [0.15, 0.2) is 0 Å². The molecule has 2 aromatic heterocycles. The zero-order chi connectivity index (χ0) is 11.2. The Balaban J connectivity index is 1.94. The van der Waals surface area contributed by atoms with Gasteiger partial charge in [0.2, 0.25) is 0 Å². The van der Waals surface area contributed by atoms with E-state index in [2.05, 4.69) is 23.3 Å². The van der Waals surface area contributed by atoms with Crippen molar-refractivity contribution in [3.05, 3.63) is 54.2 Å². The van der Waals surface area contributed by atoms with E-state index in [1.165, 1.54) is 5.56 Å². The van der Waals surface area contributed by atoms with Crippen molar-refractivity contribution in [1.29, 1.82) is 0 Å². The molecule has 0 aliphatic carbocycles. The van der Waals surface area contributed by atoms with Gasteiger partial charge in [0.05, 0.1) is 12.3 Å². The molecule has 0 bridgehead atoms. The quantitative estimate of drug-likeness (QED) is 0.835. The molecule has 16 heavy (non-hydrogen) atoms. The molecule has 2 rings (SSSR count). The van der Waals surface area contributed by atoms with Gasteiger partial charge in [-0.05, 0) is 30.2 Å². The fourth-order valence-electron chi connectivity index (χ4n) is 1.68. The molecule has 0 amide bonds. The van der Waals surface area contributed by atoms with Crippen molar-refractivity contribution in [2.24, 2.45) is 0 Å². The predicted octanol–water partition coefficient (Wildman–Crippen LogP) is 2.92. The summed E-state index contributed by atoms with van der Waals surface area (Å²) >= 11 is 0. The van der Waals surface area contributed by atoms with Gasteiger partial charge in [-0.15, -0.1) is 0 Å². The van der Waals surface area contributed by atoms with E-state index in [0.29, 0.717) is 0 Å². The maximum absolute atomic E-state index is 5.40. The number of nitrogens with zero attached hydrogens (tertiary/aromatic N) is 1. The highest BCUT2D eigenvalue weighted by Crippen LogP contribution is 2.17. The van der Waals surface area contributed by atoms with E-state index < -0.39 is 0 Å². The maximum Gasteiger partial charge on any atom is 0.120 e. The van der Waals surface area contributed by atoms with Gasteiger partial charge in [-0.25, -0.2) is 0 Å². The van der Waals surface area contributed by atoms with Gasteiger partial charge in [0.1, 0.15) is 5.76 Å². The Morgan fingerprint density at radius 2 is 2.31 bits per heavy atom. The fourth-order valence-corrected chi connectivity index (χ4v) is 1.68. The first-order valence-electron chi connectivity index (χ1n) is 5.56. The molecule has 2 heterocycles. The second-order valence-corrected chi connectivity index (χ2v) is 3.72. The maximum atomic E-state index is 5.40. The molecule has 0 fully saturated rings. The van der Waals surface area contributed by atoms with Crippen LogP contribution in [0.1, 0.15) is 30.7 Å². The molecule has 3 heteroatoms. The zero-order valence-electron chi connectivity index (χ0n) is 9.39. The van der Waals surface area contributed by atoms with Gasteiger partial charge in [-0.1, -0.05) is 13.0 Å². The van der Waals surface area contributed by atoms with E-state index >= 15 is 0 Å².